The predicted octanol–water partition coefficient (Wildman–Crippen LogP) is 11.3. The topological polar surface area (TPSA) is 12.4 Å². The molecule has 0 radical (unpaired) electrons. The Morgan fingerprint density at radius 1 is 0.848 bits per heavy atom. The number of nitrogens with zero attached hydrogens (tertiary/aromatic N) is 1. The molecule has 0 heterocycles. The van der Waals surface area contributed by atoms with Crippen molar-refractivity contribution in [3.05, 3.63) is 48.2 Å². The first-order chi connectivity index (χ1) is 15.4. The van der Waals surface area contributed by atoms with Crippen LogP contribution >= 0.6 is 7.05 Å². The van der Waals surface area contributed by atoms with Crippen LogP contribution in [0.15, 0.2) is 53.0 Å². The van der Waals surface area contributed by atoms with E-state index in [2.05, 4.69) is 78.8 Å². The molecular weight excluding hydrogens is 453 g/mol. The van der Waals surface area contributed by atoms with Gasteiger partial charge in [0.1, 0.15) is 0 Å². The van der Waals surface area contributed by atoms with Gasteiger partial charge in [0.2, 0.25) is 0 Å². The molecular formula is C30H56NPTi. The molecule has 1 aliphatic carbocycles. The summed E-state index contributed by atoms with van der Waals surface area (Å²) in [5.41, 5.74) is 3.68. The summed E-state index contributed by atoms with van der Waals surface area (Å²) in [5, 5.41) is 0. The largest absolute Gasteiger partial charge is 0.271 e. The number of unbranched alkanes of at least 4 members (excludes halogenated alkanes) is 3. The minimum absolute atomic E-state index is 0. The molecule has 1 rings (SSSR count). The van der Waals surface area contributed by atoms with Crippen LogP contribution in [0.5, 0.6) is 0 Å². The van der Waals surface area contributed by atoms with Gasteiger partial charge in [0.15, 0.2) is 0 Å². The Balaban J connectivity index is 0. The first kappa shape index (κ1) is 35.1. The van der Waals surface area contributed by atoms with Gasteiger partial charge in [-0.2, -0.15) is 0 Å². The third-order valence-electron chi connectivity index (χ3n) is 6.77. The van der Waals surface area contributed by atoms with Crippen LogP contribution in [-0.2, 0) is 21.7 Å². The Labute approximate surface area is 224 Å². The van der Waals surface area contributed by atoms with E-state index >= 15 is 0 Å². The van der Waals surface area contributed by atoms with E-state index in [1.807, 2.05) is 19.1 Å². The van der Waals surface area contributed by atoms with E-state index < -0.39 is 7.05 Å². The van der Waals surface area contributed by atoms with Crippen LogP contribution in [0.3, 0.4) is 0 Å². The summed E-state index contributed by atoms with van der Waals surface area (Å²) < 4.78 is 5.68. The average molecular weight is 510 g/mol. The number of hydrogen-bond acceptors (Lipinski definition) is 1. The maximum Gasteiger partial charge on any atom is 0.0425 e. The maximum atomic E-state index is 5.68. The van der Waals surface area contributed by atoms with E-state index in [0.29, 0.717) is 0 Å². The van der Waals surface area contributed by atoms with Gasteiger partial charge < -0.3 is 0 Å². The second kappa shape index (κ2) is 22.4. The first-order valence-corrected chi connectivity index (χ1v) is 15.6. The zero-order chi connectivity index (χ0) is 24.2. The molecule has 0 aromatic carbocycles. The Kier molecular flexibility index (Phi) is 23.8. The molecule has 0 saturated carbocycles. The second-order valence-corrected chi connectivity index (χ2v) is 14.0. The summed E-state index contributed by atoms with van der Waals surface area (Å²) in [7, 11) is -1.39. The molecule has 0 aromatic heterocycles. The molecule has 0 bridgehead atoms. The molecule has 33 heavy (non-hydrogen) atoms. The van der Waals surface area contributed by atoms with Gasteiger partial charge in [0, 0.05) is 33.8 Å². The maximum absolute atomic E-state index is 5.68. The normalized spacial score (nSPS) is 17.6. The van der Waals surface area contributed by atoms with Crippen molar-refractivity contribution in [1.29, 1.82) is 0 Å². The van der Waals surface area contributed by atoms with Crippen molar-refractivity contribution in [2.45, 2.75) is 143 Å². The van der Waals surface area contributed by atoms with E-state index in [0.717, 1.165) is 29.8 Å². The van der Waals surface area contributed by atoms with Crippen molar-refractivity contribution in [3.8, 4) is 0 Å². The molecule has 0 aliphatic heterocycles. The van der Waals surface area contributed by atoms with Crippen molar-refractivity contribution in [2.24, 2.45) is 4.74 Å². The van der Waals surface area contributed by atoms with E-state index in [-0.39, 0.29) is 21.7 Å². The molecule has 190 valence electrons. The van der Waals surface area contributed by atoms with Gasteiger partial charge in [-0.05, 0) is 62.7 Å². The fourth-order valence-corrected chi connectivity index (χ4v) is 10.4. The Morgan fingerprint density at radius 2 is 1.33 bits per heavy atom. The molecule has 3 heteroatoms. The summed E-state index contributed by atoms with van der Waals surface area (Å²) in [4.78, 5) is 0. The molecule has 1 nitrogen and oxygen atoms in total. The van der Waals surface area contributed by atoms with Crippen molar-refractivity contribution in [1.82, 2.24) is 0 Å². The third kappa shape index (κ3) is 13.5. The molecule has 3 unspecified atom stereocenters. The summed E-state index contributed by atoms with van der Waals surface area (Å²) in [5.74, 6) is 0. The van der Waals surface area contributed by atoms with Crippen LogP contribution in [0.25, 0.3) is 0 Å². The SMILES string of the molecule is CC=CC=CCC.CCCCC(C)P(=NC1=CC=CC1)(C(C)CCCC)C(C)CCCC.[Ti]. The van der Waals surface area contributed by atoms with Gasteiger partial charge in [0.05, 0.1) is 0 Å². The molecule has 0 aromatic rings. The zero-order valence-corrected chi connectivity index (χ0v) is 25.9. The predicted molar refractivity (Wildman–Crippen MR) is 152 cm³/mol. The van der Waals surface area contributed by atoms with Gasteiger partial charge in [-0.1, -0.05) is 123 Å². The van der Waals surface area contributed by atoms with Crippen molar-refractivity contribution < 1.29 is 21.7 Å². The van der Waals surface area contributed by atoms with E-state index in [1.165, 1.54) is 63.5 Å². The minimum atomic E-state index is -1.39. The molecule has 0 amide bonds. The van der Waals surface area contributed by atoms with Crippen LogP contribution in [-0.4, -0.2) is 17.0 Å². The fraction of sp³-hybridized carbons (Fsp3) is 0.733. The van der Waals surface area contributed by atoms with Gasteiger partial charge in [-0.25, -0.2) is 0 Å². The van der Waals surface area contributed by atoms with Crippen LogP contribution in [0.1, 0.15) is 126 Å². The minimum Gasteiger partial charge on any atom is -0.271 e. The van der Waals surface area contributed by atoms with E-state index in [9.17, 15) is 0 Å². The standard InChI is InChI=1S/C23H44NP.C7H12.Ti/c1-7-10-15-20(4)25(21(5)16-11-8-2,22(6)17-12-9-3)24-23-18-13-14-19-23;1-3-5-7-6-4-2;/h13-14,18,20-22H,7-12,15-17,19H2,1-6H3;3,5-7H,4H2,1-2H3;. The molecule has 0 spiro atoms. The van der Waals surface area contributed by atoms with Crippen LogP contribution in [0.2, 0.25) is 0 Å². The third-order valence-corrected chi connectivity index (χ3v) is 12.4. The molecule has 0 saturated heterocycles. The summed E-state index contributed by atoms with van der Waals surface area (Å²) in [6.45, 7) is 18.7. The van der Waals surface area contributed by atoms with Crippen molar-refractivity contribution in [2.75, 3.05) is 0 Å². The van der Waals surface area contributed by atoms with E-state index in [4.69, 9.17) is 4.74 Å². The fourth-order valence-electron chi connectivity index (χ4n) is 4.78. The summed E-state index contributed by atoms with van der Waals surface area (Å²) >= 11 is 0. The van der Waals surface area contributed by atoms with Crippen molar-refractivity contribution in [3.63, 3.8) is 0 Å². The quantitative estimate of drug-likeness (QED) is 0.118. The average Bonchev–Trinajstić information content (AvgIpc) is 3.31. The summed E-state index contributed by atoms with van der Waals surface area (Å²) in [6.07, 6.45) is 29.3. The second-order valence-electron chi connectivity index (χ2n) is 9.52. The Morgan fingerprint density at radius 3 is 1.67 bits per heavy atom. The molecule has 1 aliphatic rings. The van der Waals surface area contributed by atoms with Gasteiger partial charge >= 0.3 is 0 Å². The molecule has 3 atom stereocenters. The van der Waals surface area contributed by atoms with Crippen molar-refractivity contribution >= 4 is 7.05 Å². The number of rotatable bonds is 15. The van der Waals surface area contributed by atoms with Gasteiger partial charge in [-0.3, -0.25) is 4.74 Å². The molecule has 0 fully saturated rings. The molecule has 0 N–H and O–H groups in total. The monoisotopic (exact) mass is 509 g/mol. The smallest absolute Gasteiger partial charge is 0.0425 e. The van der Waals surface area contributed by atoms with E-state index in [1.54, 1.807) is 0 Å². The van der Waals surface area contributed by atoms with Crippen LogP contribution in [0, 0.1) is 0 Å². The van der Waals surface area contributed by atoms with Gasteiger partial charge in [-0.15, -0.1) is 0 Å². The Hall–Kier alpha value is -0.0957. The zero-order valence-electron chi connectivity index (χ0n) is 23.4. The summed E-state index contributed by atoms with van der Waals surface area (Å²) in [6, 6.07) is 0. The number of hydrogen-bond donors (Lipinski definition) is 0. The Bertz CT molecular complexity index is 586. The number of allylic oxidation sites excluding steroid dienone is 7. The first-order valence-electron chi connectivity index (χ1n) is 13.7. The van der Waals surface area contributed by atoms with Gasteiger partial charge in [0.25, 0.3) is 0 Å². The van der Waals surface area contributed by atoms with Crippen LogP contribution in [0.4, 0.5) is 0 Å². The van der Waals surface area contributed by atoms with Crippen LogP contribution < -0.4 is 0 Å².